The lowest BCUT2D eigenvalue weighted by molar-refractivity contribution is -0.236. The van der Waals surface area contributed by atoms with Gasteiger partial charge in [0.25, 0.3) is 0 Å². The summed E-state index contributed by atoms with van der Waals surface area (Å²) in [5.74, 6) is -2.19. The van der Waals surface area contributed by atoms with Gasteiger partial charge in [-0.25, -0.2) is 14.4 Å². The highest BCUT2D eigenvalue weighted by atomic mass is 16.7. The zero-order chi connectivity index (χ0) is 23.9. The van der Waals surface area contributed by atoms with E-state index in [-0.39, 0.29) is 12.5 Å². The molecule has 3 aromatic carbocycles. The molecule has 0 aromatic heterocycles. The maximum absolute atomic E-state index is 12.9. The van der Waals surface area contributed by atoms with Crippen molar-refractivity contribution < 1.29 is 33.3 Å². The Bertz CT molecular complexity index is 1120. The van der Waals surface area contributed by atoms with Crippen molar-refractivity contribution in [2.24, 2.45) is 5.92 Å². The van der Waals surface area contributed by atoms with Crippen LogP contribution in [0.15, 0.2) is 91.0 Å². The number of hydrogen-bond acceptors (Lipinski definition) is 7. The van der Waals surface area contributed by atoms with Crippen LogP contribution in [0.5, 0.6) is 0 Å². The SMILES string of the molecule is C[C@H]1CO[C@@H](OC(=O)c2ccccc2)C(OC(=O)c2ccccc2)[C@@H]1OC(=O)c1ccccc1. The number of esters is 3. The summed E-state index contributed by atoms with van der Waals surface area (Å²) in [6, 6.07) is 25.3. The normalized spacial score (nSPS) is 21.8. The molecule has 4 rings (SSSR count). The van der Waals surface area contributed by atoms with Gasteiger partial charge in [0.2, 0.25) is 12.4 Å². The summed E-state index contributed by atoms with van der Waals surface area (Å²) in [4.78, 5) is 38.4. The predicted octanol–water partition coefficient (Wildman–Crippen LogP) is 4.29. The number of carbonyl (C=O) groups excluding carboxylic acids is 3. The fourth-order valence-electron chi connectivity index (χ4n) is 3.60. The number of hydrogen-bond donors (Lipinski definition) is 0. The van der Waals surface area contributed by atoms with E-state index >= 15 is 0 Å². The predicted molar refractivity (Wildman–Crippen MR) is 122 cm³/mol. The minimum Gasteiger partial charge on any atom is -0.454 e. The van der Waals surface area contributed by atoms with Gasteiger partial charge in [0.05, 0.1) is 23.3 Å². The summed E-state index contributed by atoms with van der Waals surface area (Å²) < 4.78 is 22.8. The van der Waals surface area contributed by atoms with E-state index in [1.54, 1.807) is 91.0 Å². The zero-order valence-corrected chi connectivity index (χ0v) is 18.5. The number of ether oxygens (including phenoxy) is 4. The molecule has 0 aliphatic carbocycles. The molecule has 7 heteroatoms. The van der Waals surface area contributed by atoms with Gasteiger partial charge < -0.3 is 18.9 Å². The van der Waals surface area contributed by atoms with Crippen molar-refractivity contribution >= 4 is 17.9 Å². The summed E-state index contributed by atoms with van der Waals surface area (Å²) in [6.07, 6.45) is -3.33. The van der Waals surface area contributed by atoms with Gasteiger partial charge in [-0.05, 0) is 36.4 Å². The smallest absolute Gasteiger partial charge is 0.340 e. The molecule has 3 aromatic rings. The molecule has 1 saturated heterocycles. The van der Waals surface area contributed by atoms with E-state index in [0.29, 0.717) is 16.7 Å². The van der Waals surface area contributed by atoms with Gasteiger partial charge in [-0.1, -0.05) is 61.5 Å². The number of carbonyl (C=O) groups is 3. The van der Waals surface area contributed by atoms with Gasteiger partial charge in [0.15, 0.2) is 0 Å². The summed E-state index contributed by atoms with van der Waals surface area (Å²) >= 11 is 0. The molecule has 1 heterocycles. The molecular weight excluding hydrogens is 436 g/mol. The average Bonchev–Trinajstić information content (AvgIpc) is 2.89. The van der Waals surface area contributed by atoms with E-state index in [1.165, 1.54) is 0 Å². The molecule has 4 atom stereocenters. The van der Waals surface area contributed by atoms with E-state index < -0.39 is 36.4 Å². The van der Waals surface area contributed by atoms with Crippen LogP contribution in [0.2, 0.25) is 0 Å². The van der Waals surface area contributed by atoms with Crippen LogP contribution >= 0.6 is 0 Å². The fourth-order valence-corrected chi connectivity index (χ4v) is 3.60. The van der Waals surface area contributed by atoms with E-state index in [0.717, 1.165) is 0 Å². The Morgan fingerprint density at radius 1 is 0.618 bits per heavy atom. The quantitative estimate of drug-likeness (QED) is 0.401. The highest BCUT2D eigenvalue weighted by Gasteiger charge is 2.46. The van der Waals surface area contributed by atoms with E-state index in [2.05, 4.69) is 0 Å². The van der Waals surface area contributed by atoms with Crippen molar-refractivity contribution in [2.75, 3.05) is 6.61 Å². The molecule has 1 aliphatic heterocycles. The lowest BCUT2D eigenvalue weighted by Crippen LogP contribution is -2.54. The maximum Gasteiger partial charge on any atom is 0.340 e. The standard InChI is InChI=1S/C27H24O7/c1-18-17-31-27(34-26(30)21-15-9-4-10-16-21)23(33-25(29)20-13-7-3-8-14-20)22(18)32-24(28)19-11-5-2-6-12-19/h2-16,18,22-23,27H,17H2,1H3/t18-,22+,23?,27-/m0/s1. The van der Waals surface area contributed by atoms with Crippen LogP contribution in [0.3, 0.4) is 0 Å². The van der Waals surface area contributed by atoms with Crippen LogP contribution < -0.4 is 0 Å². The third-order valence-electron chi connectivity index (χ3n) is 5.41. The first-order chi connectivity index (χ1) is 16.5. The molecule has 34 heavy (non-hydrogen) atoms. The van der Waals surface area contributed by atoms with Crippen LogP contribution in [0.4, 0.5) is 0 Å². The Morgan fingerprint density at radius 2 is 1.00 bits per heavy atom. The minimum absolute atomic E-state index is 0.138. The van der Waals surface area contributed by atoms with Gasteiger partial charge in [0.1, 0.15) is 6.10 Å². The van der Waals surface area contributed by atoms with Crippen LogP contribution in [-0.2, 0) is 18.9 Å². The molecule has 1 unspecified atom stereocenters. The van der Waals surface area contributed by atoms with Gasteiger partial charge in [-0.15, -0.1) is 0 Å². The van der Waals surface area contributed by atoms with Crippen LogP contribution in [0.25, 0.3) is 0 Å². The molecule has 0 amide bonds. The summed E-state index contributed by atoms with van der Waals surface area (Å²) in [5, 5.41) is 0. The second-order valence-corrected chi connectivity index (χ2v) is 7.92. The molecule has 0 saturated carbocycles. The van der Waals surface area contributed by atoms with Crippen molar-refractivity contribution in [3.8, 4) is 0 Å². The molecule has 7 nitrogen and oxygen atoms in total. The summed E-state index contributed by atoms with van der Waals surface area (Å²) in [7, 11) is 0. The zero-order valence-electron chi connectivity index (χ0n) is 18.5. The third-order valence-corrected chi connectivity index (χ3v) is 5.41. The van der Waals surface area contributed by atoms with Crippen molar-refractivity contribution in [1.82, 2.24) is 0 Å². The first kappa shape index (κ1) is 23.2. The van der Waals surface area contributed by atoms with Gasteiger partial charge in [-0.2, -0.15) is 0 Å². The largest absolute Gasteiger partial charge is 0.454 e. The summed E-state index contributed by atoms with van der Waals surface area (Å²) in [5.41, 5.74) is 0.977. The molecule has 0 bridgehead atoms. The molecule has 0 spiro atoms. The fraction of sp³-hybridized carbons (Fsp3) is 0.222. The van der Waals surface area contributed by atoms with E-state index in [4.69, 9.17) is 18.9 Å². The molecule has 174 valence electrons. The third kappa shape index (κ3) is 5.50. The Kier molecular flexibility index (Phi) is 7.34. The van der Waals surface area contributed by atoms with E-state index in [9.17, 15) is 14.4 Å². The van der Waals surface area contributed by atoms with Crippen LogP contribution in [0.1, 0.15) is 38.0 Å². The van der Waals surface area contributed by atoms with Crippen molar-refractivity contribution in [2.45, 2.75) is 25.4 Å². The second kappa shape index (κ2) is 10.8. The lowest BCUT2D eigenvalue weighted by atomic mass is 9.96. The van der Waals surface area contributed by atoms with Crippen LogP contribution in [-0.4, -0.2) is 43.0 Å². The molecule has 1 aliphatic rings. The lowest BCUT2D eigenvalue weighted by Gasteiger charge is -2.39. The second-order valence-electron chi connectivity index (χ2n) is 7.92. The Balaban J connectivity index is 1.59. The van der Waals surface area contributed by atoms with Crippen molar-refractivity contribution in [3.05, 3.63) is 108 Å². The van der Waals surface area contributed by atoms with Crippen molar-refractivity contribution in [1.29, 1.82) is 0 Å². The minimum atomic E-state index is -1.26. The topological polar surface area (TPSA) is 88.1 Å². The van der Waals surface area contributed by atoms with Gasteiger partial charge >= 0.3 is 17.9 Å². The van der Waals surface area contributed by atoms with Crippen molar-refractivity contribution in [3.63, 3.8) is 0 Å². The first-order valence-electron chi connectivity index (χ1n) is 10.9. The Morgan fingerprint density at radius 3 is 1.44 bits per heavy atom. The monoisotopic (exact) mass is 460 g/mol. The average molecular weight is 460 g/mol. The molecule has 0 radical (unpaired) electrons. The molecule has 1 fully saturated rings. The van der Waals surface area contributed by atoms with Gasteiger partial charge in [-0.3, -0.25) is 0 Å². The Hall–Kier alpha value is -3.97. The Labute approximate surface area is 197 Å². The molecular formula is C27H24O7. The summed E-state index contributed by atoms with van der Waals surface area (Å²) in [6.45, 7) is 1.94. The maximum atomic E-state index is 12.9. The number of rotatable bonds is 6. The van der Waals surface area contributed by atoms with Gasteiger partial charge in [0, 0.05) is 5.92 Å². The highest BCUT2D eigenvalue weighted by Crippen LogP contribution is 2.29. The number of benzene rings is 3. The molecule has 0 N–H and O–H groups in total. The highest BCUT2D eigenvalue weighted by molar-refractivity contribution is 5.91. The first-order valence-corrected chi connectivity index (χ1v) is 10.9. The van der Waals surface area contributed by atoms with Crippen LogP contribution in [0, 0.1) is 5.92 Å². The van der Waals surface area contributed by atoms with E-state index in [1.807, 2.05) is 6.92 Å².